The molecule has 0 amide bonds. The van der Waals surface area contributed by atoms with E-state index in [1.165, 1.54) is 32.7 Å². The molecule has 17 heavy (non-hydrogen) atoms. The molecule has 84 valence electrons. The highest BCUT2D eigenvalue weighted by atomic mass is 14.6. The Kier molecular flexibility index (Phi) is 2.15. The average Bonchev–Trinajstić information content (AvgIpc) is 2.32. The van der Waals surface area contributed by atoms with Gasteiger partial charge >= 0.3 is 0 Å². The molecule has 0 unspecified atom stereocenters. The van der Waals surface area contributed by atoms with Crippen molar-refractivity contribution in [3.8, 4) is 0 Å². The van der Waals surface area contributed by atoms with Crippen molar-refractivity contribution in [3.05, 3.63) is 53.3 Å². The van der Waals surface area contributed by atoms with Crippen molar-refractivity contribution in [3.63, 3.8) is 0 Å². The van der Waals surface area contributed by atoms with Crippen LogP contribution in [0.2, 0.25) is 0 Å². The number of hydrogen-bond donors (Lipinski definition) is 0. The summed E-state index contributed by atoms with van der Waals surface area (Å²) in [6.45, 7) is 6.38. The Hall–Kier alpha value is -1.89. The van der Waals surface area contributed by atoms with Crippen molar-refractivity contribution in [2.75, 3.05) is 0 Å². The van der Waals surface area contributed by atoms with Crippen LogP contribution in [0, 0.1) is 20.8 Å². The van der Waals surface area contributed by atoms with Gasteiger partial charge in [-0.2, -0.15) is 0 Å². The number of fused-ring (bicyclic) bond motifs is 2. The van der Waals surface area contributed by atoms with Gasteiger partial charge in [-0.05, 0) is 66.3 Å². The van der Waals surface area contributed by atoms with Crippen molar-refractivity contribution in [2.24, 2.45) is 0 Å². The third-order valence-corrected chi connectivity index (χ3v) is 3.54. The minimum Gasteiger partial charge on any atom is -0.261 e. The third-order valence-electron chi connectivity index (χ3n) is 3.54. The van der Waals surface area contributed by atoms with Gasteiger partial charge in [-0.3, -0.25) is 4.98 Å². The first kappa shape index (κ1) is 10.3. The molecule has 1 heterocycles. The molecule has 0 saturated carbocycles. The summed E-state index contributed by atoms with van der Waals surface area (Å²) >= 11 is 0. The van der Waals surface area contributed by atoms with Crippen molar-refractivity contribution in [1.82, 2.24) is 4.98 Å². The van der Waals surface area contributed by atoms with E-state index in [1.54, 1.807) is 0 Å². The van der Waals surface area contributed by atoms with Gasteiger partial charge in [0.25, 0.3) is 0 Å². The van der Waals surface area contributed by atoms with E-state index < -0.39 is 0 Å². The smallest absolute Gasteiger partial charge is 0.0379 e. The van der Waals surface area contributed by atoms with Gasteiger partial charge in [-0.1, -0.05) is 12.1 Å². The normalized spacial score (nSPS) is 11.2. The first-order valence-electron chi connectivity index (χ1n) is 5.91. The summed E-state index contributed by atoms with van der Waals surface area (Å²) in [6.07, 6.45) is 1.96. The molecule has 0 aliphatic heterocycles. The summed E-state index contributed by atoms with van der Waals surface area (Å²) in [5.41, 5.74) is 3.78. The van der Waals surface area contributed by atoms with Gasteiger partial charge in [-0.25, -0.2) is 0 Å². The first-order chi connectivity index (χ1) is 8.15. The number of pyridine rings is 1. The van der Waals surface area contributed by atoms with Crippen molar-refractivity contribution >= 4 is 21.5 Å². The van der Waals surface area contributed by atoms with Crippen LogP contribution in [0.5, 0.6) is 0 Å². The number of benzene rings is 2. The zero-order chi connectivity index (χ0) is 12.0. The number of aromatic nitrogens is 1. The molecule has 0 fully saturated rings. The second kappa shape index (κ2) is 3.56. The van der Waals surface area contributed by atoms with Gasteiger partial charge in [0, 0.05) is 17.3 Å². The van der Waals surface area contributed by atoms with E-state index in [1.807, 2.05) is 13.1 Å². The minimum atomic E-state index is 1.07. The number of rotatable bonds is 0. The predicted octanol–water partition coefficient (Wildman–Crippen LogP) is 4.31. The monoisotopic (exact) mass is 221 g/mol. The average molecular weight is 221 g/mol. The number of nitrogens with zero attached hydrogens (tertiary/aromatic N) is 1. The number of aryl methyl sites for hydroxylation is 3. The Morgan fingerprint density at radius 2 is 1.65 bits per heavy atom. The van der Waals surface area contributed by atoms with Crippen LogP contribution in [0.4, 0.5) is 0 Å². The quantitative estimate of drug-likeness (QED) is 0.515. The van der Waals surface area contributed by atoms with Crippen LogP contribution in [-0.2, 0) is 0 Å². The van der Waals surface area contributed by atoms with E-state index in [0.29, 0.717) is 0 Å². The SMILES string of the molecule is Cc1cc2cc3ccc(C)c(C)c3cc2cn1. The lowest BCUT2D eigenvalue weighted by Crippen LogP contribution is -1.86. The molecular formula is C16H15N. The highest BCUT2D eigenvalue weighted by Gasteiger charge is 2.03. The molecule has 0 radical (unpaired) electrons. The molecule has 1 nitrogen and oxygen atoms in total. The maximum absolute atomic E-state index is 4.37. The summed E-state index contributed by atoms with van der Waals surface area (Å²) in [5.74, 6) is 0. The van der Waals surface area contributed by atoms with Crippen LogP contribution in [0.25, 0.3) is 21.5 Å². The number of hydrogen-bond acceptors (Lipinski definition) is 1. The van der Waals surface area contributed by atoms with E-state index in [9.17, 15) is 0 Å². The topological polar surface area (TPSA) is 12.9 Å². The molecular weight excluding hydrogens is 206 g/mol. The summed E-state index contributed by atoms with van der Waals surface area (Å²) in [5, 5.41) is 5.14. The molecule has 0 spiro atoms. The molecule has 0 aliphatic rings. The zero-order valence-corrected chi connectivity index (χ0v) is 10.4. The van der Waals surface area contributed by atoms with Gasteiger partial charge in [0.15, 0.2) is 0 Å². The van der Waals surface area contributed by atoms with Gasteiger partial charge in [-0.15, -0.1) is 0 Å². The van der Waals surface area contributed by atoms with Crippen LogP contribution >= 0.6 is 0 Å². The maximum atomic E-state index is 4.37. The van der Waals surface area contributed by atoms with Crippen molar-refractivity contribution in [2.45, 2.75) is 20.8 Å². The molecule has 3 aromatic rings. The summed E-state index contributed by atoms with van der Waals surface area (Å²) in [7, 11) is 0. The van der Waals surface area contributed by atoms with E-state index in [0.717, 1.165) is 5.69 Å². The van der Waals surface area contributed by atoms with E-state index in [-0.39, 0.29) is 0 Å². The standard InChI is InChI=1S/C16H15N/c1-10-4-5-13-7-14-6-11(2)17-9-15(14)8-16(13)12(10)3/h4-9H,1-3H3. The summed E-state index contributed by atoms with van der Waals surface area (Å²) in [4.78, 5) is 4.37. The second-order valence-corrected chi connectivity index (χ2v) is 4.75. The highest BCUT2D eigenvalue weighted by molar-refractivity contribution is 5.99. The van der Waals surface area contributed by atoms with Gasteiger partial charge in [0.2, 0.25) is 0 Å². The van der Waals surface area contributed by atoms with Crippen LogP contribution in [0.3, 0.4) is 0 Å². The minimum absolute atomic E-state index is 1.07. The lowest BCUT2D eigenvalue weighted by atomic mass is 9.98. The first-order valence-corrected chi connectivity index (χ1v) is 5.91. The zero-order valence-electron chi connectivity index (χ0n) is 10.4. The van der Waals surface area contributed by atoms with Gasteiger partial charge < -0.3 is 0 Å². The fourth-order valence-electron chi connectivity index (χ4n) is 2.34. The highest BCUT2D eigenvalue weighted by Crippen LogP contribution is 2.26. The van der Waals surface area contributed by atoms with Crippen LogP contribution < -0.4 is 0 Å². The Labute approximate surface area is 101 Å². The van der Waals surface area contributed by atoms with E-state index in [2.05, 4.69) is 49.2 Å². The lowest BCUT2D eigenvalue weighted by molar-refractivity contribution is 1.23. The molecule has 0 aliphatic carbocycles. The Bertz CT molecular complexity index is 726. The Morgan fingerprint density at radius 1 is 0.824 bits per heavy atom. The molecule has 1 aromatic heterocycles. The second-order valence-electron chi connectivity index (χ2n) is 4.75. The third kappa shape index (κ3) is 1.59. The van der Waals surface area contributed by atoms with Crippen LogP contribution in [0.15, 0.2) is 36.5 Å². The fourth-order valence-corrected chi connectivity index (χ4v) is 2.34. The van der Waals surface area contributed by atoms with Crippen LogP contribution in [-0.4, -0.2) is 4.98 Å². The summed E-state index contributed by atoms with van der Waals surface area (Å²) < 4.78 is 0. The largest absolute Gasteiger partial charge is 0.261 e. The van der Waals surface area contributed by atoms with Crippen molar-refractivity contribution < 1.29 is 0 Å². The molecule has 3 rings (SSSR count). The van der Waals surface area contributed by atoms with Crippen LogP contribution in [0.1, 0.15) is 16.8 Å². The van der Waals surface area contributed by atoms with Gasteiger partial charge in [0.05, 0.1) is 0 Å². The lowest BCUT2D eigenvalue weighted by Gasteiger charge is -2.08. The molecule has 1 heteroatoms. The Balaban J connectivity index is 2.48. The molecule has 0 atom stereocenters. The Morgan fingerprint density at radius 3 is 2.47 bits per heavy atom. The molecule has 0 saturated heterocycles. The molecule has 0 N–H and O–H groups in total. The summed E-state index contributed by atoms with van der Waals surface area (Å²) in [6, 6.07) is 11.0. The maximum Gasteiger partial charge on any atom is 0.0379 e. The predicted molar refractivity (Wildman–Crippen MR) is 73.5 cm³/mol. The fraction of sp³-hybridized carbons (Fsp3) is 0.188. The van der Waals surface area contributed by atoms with E-state index in [4.69, 9.17) is 0 Å². The van der Waals surface area contributed by atoms with Gasteiger partial charge in [0.1, 0.15) is 0 Å². The van der Waals surface area contributed by atoms with Crippen molar-refractivity contribution in [1.29, 1.82) is 0 Å². The van der Waals surface area contributed by atoms with E-state index >= 15 is 0 Å². The molecule has 0 bridgehead atoms. The molecule has 2 aromatic carbocycles.